The molecule has 0 aliphatic carbocycles. The fraction of sp³-hybridized carbons (Fsp3) is 0.455. The van der Waals surface area contributed by atoms with Crippen molar-refractivity contribution in [2.45, 2.75) is 24.4 Å². The van der Waals surface area contributed by atoms with Crippen LogP contribution in [-0.2, 0) is 10.0 Å². The number of aryl methyl sites for hydroxylation is 1. The lowest BCUT2D eigenvalue weighted by Crippen LogP contribution is -2.30. The summed E-state index contributed by atoms with van der Waals surface area (Å²) in [5.41, 5.74) is 0.116. The van der Waals surface area contributed by atoms with Crippen molar-refractivity contribution in [3.05, 3.63) is 29.6 Å². The lowest BCUT2D eigenvalue weighted by Gasteiger charge is -2.18. The molecule has 0 aliphatic rings. The van der Waals surface area contributed by atoms with Crippen LogP contribution in [0.1, 0.15) is 12.0 Å². The van der Waals surface area contributed by atoms with Crippen LogP contribution in [0.15, 0.2) is 23.1 Å². The molecule has 0 spiro atoms. The number of nitrogens with zero attached hydrogens (tertiary/aromatic N) is 1. The second-order valence-electron chi connectivity index (χ2n) is 4.10. The van der Waals surface area contributed by atoms with E-state index in [2.05, 4.69) is 0 Å². The van der Waals surface area contributed by atoms with Gasteiger partial charge in [0.15, 0.2) is 0 Å². The topological polar surface area (TPSA) is 37.4 Å². The first kappa shape index (κ1) is 15.9. The summed E-state index contributed by atoms with van der Waals surface area (Å²) in [5.74, 6) is -0.572. The lowest BCUT2D eigenvalue weighted by molar-refractivity contribution is -0.135. The molecule has 19 heavy (non-hydrogen) atoms. The van der Waals surface area contributed by atoms with Crippen molar-refractivity contribution in [2.75, 3.05) is 13.6 Å². The fourth-order valence-corrected chi connectivity index (χ4v) is 2.62. The zero-order valence-corrected chi connectivity index (χ0v) is 11.1. The van der Waals surface area contributed by atoms with Crippen molar-refractivity contribution in [1.82, 2.24) is 4.31 Å². The Morgan fingerprint density at radius 1 is 1.26 bits per heavy atom. The van der Waals surface area contributed by atoms with Crippen LogP contribution in [0.5, 0.6) is 0 Å². The first-order valence-corrected chi connectivity index (χ1v) is 6.77. The molecule has 0 saturated carbocycles. The average molecular weight is 299 g/mol. The molecule has 0 aromatic heterocycles. The van der Waals surface area contributed by atoms with Crippen molar-refractivity contribution >= 4 is 10.0 Å². The van der Waals surface area contributed by atoms with Crippen LogP contribution in [0, 0.1) is 12.7 Å². The van der Waals surface area contributed by atoms with E-state index in [1.807, 2.05) is 0 Å². The number of hydrogen-bond acceptors (Lipinski definition) is 2. The van der Waals surface area contributed by atoms with Crippen LogP contribution >= 0.6 is 0 Å². The average Bonchev–Trinajstić information content (AvgIpc) is 2.28. The number of halogens is 4. The zero-order chi connectivity index (χ0) is 14.8. The molecule has 0 atom stereocenters. The molecule has 0 unspecified atom stereocenters. The van der Waals surface area contributed by atoms with Gasteiger partial charge in [0.25, 0.3) is 0 Å². The highest BCUT2D eigenvalue weighted by Crippen LogP contribution is 2.22. The molecular weight excluding hydrogens is 286 g/mol. The highest BCUT2D eigenvalue weighted by Gasteiger charge is 2.30. The minimum absolute atomic E-state index is 0.116. The third-order valence-electron chi connectivity index (χ3n) is 2.55. The quantitative estimate of drug-likeness (QED) is 0.802. The predicted molar refractivity (Wildman–Crippen MR) is 61.6 cm³/mol. The van der Waals surface area contributed by atoms with E-state index in [4.69, 9.17) is 0 Å². The van der Waals surface area contributed by atoms with Crippen molar-refractivity contribution in [1.29, 1.82) is 0 Å². The molecule has 1 aromatic carbocycles. The Labute approximate surface area is 108 Å². The Morgan fingerprint density at radius 3 is 2.32 bits per heavy atom. The van der Waals surface area contributed by atoms with Gasteiger partial charge in [0.1, 0.15) is 5.82 Å². The minimum Gasteiger partial charge on any atom is -0.207 e. The zero-order valence-electron chi connectivity index (χ0n) is 10.3. The maximum Gasteiger partial charge on any atom is 0.390 e. The summed E-state index contributed by atoms with van der Waals surface area (Å²) < 4.78 is 73.7. The first-order chi connectivity index (χ1) is 8.54. The smallest absolute Gasteiger partial charge is 0.207 e. The monoisotopic (exact) mass is 299 g/mol. The van der Waals surface area contributed by atoms with E-state index in [-0.39, 0.29) is 10.5 Å². The largest absolute Gasteiger partial charge is 0.390 e. The molecule has 108 valence electrons. The predicted octanol–water partition coefficient (Wildman–Crippen LogP) is 2.71. The van der Waals surface area contributed by atoms with Crippen LogP contribution in [-0.4, -0.2) is 32.5 Å². The molecule has 3 nitrogen and oxygen atoms in total. The van der Waals surface area contributed by atoms with E-state index in [9.17, 15) is 26.0 Å². The van der Waals surface area contributed by atoms with Gasteiger partial charge in [0.05, 0.1) is 11.3 Å². The van der Waals surface area contributed by atoms with Gasteiger partial charge in [-0.05, 0) is 30.7 Å². The number of alkyl halides is 3. The minimum atomic E-state index is -4.43. The third kappa shape index (κ3) is 4.17. The molecule has 1 rings (SSSR count). The van der Waals surface area contributed by atoms with E-state index in [1.54, 1.807) is 0 Å². The summed E-state index contributed by atoms with van der Waals surface area (Å²) in [7, 11) is -2.98. The SMILES string of the molecule is Cc1cc(S(=O)(=O)N(C)CCC(F)(F)F)ccc1F. The van der Waals surface area contributed by atoms with Crippen LogP contribution < -0.4 is 0 Å². The summed E-state index contributed by atoms with van der Waals surface area (Å²) in [6.45, 7) is 0.701. The second kappa shape index (κ2) is 5.46. The van der Waals surface area contributed by atoms with Gasteiger partial charge >= 0.3 is 6.18 Å². The van der Waals surface area contributed by atoms with E-state index < -0.39 is 35.0 Å². The second-order valence-corrected chi connectivity index (χ2v) is 6.15. The summed E-state index contributed by atoms with van der Waals surface area (Å²) in [4.78, 5) is -0.226. The Balaban J connectivity index is 2.94. The van der Waals surface area contributed by atoms with Crippen LogP contribution in [0.2, 0.25) is 0 Å². The Morgan fingerprint density at radius 2 is 1.84 bits per heavy atom. The first-order valence-electron chi connectivity index (χ1n) is 5.33. The highest BCUT2D eigenvalue weighted by molar-refractivity contribution is 7.89. The number of benzene rings is 1. The summed E-state index contributed by atoms with van der Waals surface area (Å²) in [6, 6.07) is 3.09. The summed E-state index contributed by atoms with van der Waals surface area (Å²) in [5, 5.41) is 0. The van der Waals surface area contributed by atoms with E-state index in [0.717, 1.165) is 25.2 Å². The van der Waals surface area contributed by atoms with E-state index >= 15 is 0 Å². The van der Waals surface area contributed by atoms with Gasteiger partial charge in [-0.3, -0.25) is 0 Å². The molecule has 0 radical (unpaired) electrons. The molecule has 0 fully saturated rings. The van der Waals surface area contributed by atoms with Crippen molar-refractivity contribution in [2.24, 2.45) is 0 Å². The molecule has 0 amide bonds. The number of rotatable bonds is 4. The highest BCUT2D eigenvalue weighted by atomic mass is 32.2. The third-order valence-corrected chi connectivity index (χ3v) is 4.40. The van der Waals surface area contributed by atoms with Crippen LogP contribution in [0.3, 0.4) is 0 Å². The van der Waals surface area contributed by atoms with Gasteiger partial charge in [0.2, 0.25) is 10.0 Å². The standard InChI is InChI=1S/C11H13F4NO2S/c1-8-7-9(3-4-10(8)12)19(17,18)16(2)6-5-11(13,14)15/h3-4,7H,5-6H2,1-2H3. The van der Waals surface area contributed by atoms with Gasteiger partial charge in [-0.2, -0.15) is 13.2 Å². The van der Waals surface area contributed by atoms with E-state index in [0.29, 0.717) is 4.31 Å². The Kier molecular flexibility index (Phi) is 4.57. The molecule has 0 heterocycles. The van der Waals surface area contributed by atoms with Gasteiger partial charge in [-0.25, -0.2) is 17.1 Å². The van der Waals surface area contributed by atoms with E-state index in [1.165, 1.54) is 6.92 Å². The maximum absolute atomic E-state index is 13.0. The lowest BCUT2D eigenvalue weighted by atomic mass is 10.2. The van der Waals surface area contributed by atoms with Crippen molar-refractivity contribution in [3.63, 3.8) is 0 Å². The normalized spacial score (nSPS) is 13.0. The Bertz CT molecular complexity index is 554. The van der Waals surface area contributed by atoms with Crippen molar-refractivity contribution in [3.8, 4) is 0 Å². The maximum atomic E-state index is 13.0. The van der Waals surface area contributed by atoms with Gasteiger partial charge < -0.3 is 0 Å². The molecule has 0 N–H and O–H groups in total. The summed E-state index contributed by atoms with van der Waals surface area (Å²) in [6.07, 6.45) is -5.66. The van der Waals surface area contributed by atoms with Gasteiger partial charge in [-0.1, -0.05) is 0 Å². The summed E-state index contributed by atoms with van der Waals surface area (Å²) >= 11 is 0. The van der Waals surface area contributed by atoms with Crippen LogP contribution in [0.4, 0.5) is 17.6 Å². The van der Waals surface area contributed by atoms with Crippen molar-refractivity contribution < 1.29 is 26.0 Å². The van der Waals surface area contributed by atoms with Gasteiger partial charge in [-0.15, -0.1) is 0 Å². The fourth-order valence-electron chi connectivity index (χ4n) is 1.36. The molecule has 1 aromatic rings. The molecule has 0 aliphatic heterocycles. The molecular formula is C11H13F4NO2S. The number of sulfonamides is 1. The Hall–Kier alpha value is -1.15. The molecule has 8 heteroatoms. The molecule has 0 saturated heterocycles. The molecule has 0 bridgehead atoms. The van der Waals surface area contributed by atoms with Gasteiger partial charge in [0, 0.05) is 13.6 Å². The number of hydrogen-bond donors (Lipinski definition) is 0. The van der Waals surface area contributed by atoms with Crippen LogP contribution in [0.25, 0.3) is 0 Å².